The number of hydrogen-bond acceptors (Lipinski definition) is 6. The molecule has 0 unspecified atom stereocenters. The monoisotopic (exact) mass is 287 g/mol. The molecule has 13 N–H and O–H groups in total. The second-order valence-electron chi connectivity index (χ2n) is 2.21. The highest BCUT2D eigenvalue weighted by atomic mass is 32.3. The van der Waals surface area contributed by atoms with E-state index in [4.69, 9.17) is 22.6 Å². The van der Waals surface area contributed by atoms with E-state index in [2.05, 4.69) is 0 Å². The molecule has 108 valence electrons. The summed E-state index contributed by atoms with van der Waals surface area (Å²) < 4.78 is 34.1. The molecule has 0 aromatic heterocycles. The maximum absolute atomic E-state index is 10.7. The van der Waals surface area contributed by atoms with Crippen LogP contribution in [0.3, 0.4) is 0 Å². The molecule has 0 aliphatic rings. The lowest BCUT2D eigenvalue weighted by molar-refractivity contribution is -0.268. The van der Waals surface area contributed by atoms with E-state index in [0.717, 1.165) is 0 Å². The molecule has 0 heterocycles. The molecule has 0 saturated carbocycles. The zero-order valence-corrected chi connectivity index (χ0v) is 10.9. The summed E-state index contributed by atoms with van der Waals surface area (Å²) in [6.07, 6.45) is 0. The lowest BCUT2D eigenvalue weighted by Crippen LogP contribution is -2.02. The fourth-order valence-electron chi connectivity index (χ4n) is 0.643. The van der Waals surface area contributed by atoms with E-state index < -0.39 is 22.1 Å². The Labute approximate surface area is 104 Å². The van der Waals surface area contributed by atoms with E-state index in [1.807, 2.05) is 0 Å². The van der Waals surface area contributed by atoms with E-state index in [-0.39, 0.29) is 24.0 Å². The molecule has 0 saturated heterocycles. The van der Waals surface area contributed by atoms with Crippen molar-refractivity contribution in [3.63, 3.8) is 0 Å². The van der Waals surface area contributed by atoms with Crippen molar-refractivity contribution in [1.82, 2.24) is 18.5 Å². The first-order chi connectivity index (χ1) is 6.72. The van der Waals surface area contributed by atoms with Gasteiger partial charge in [0.15, 0.2) is 0 Å². The van der Waals surface area contributed by atoms with Crippen LogP contribution >= 0.6 is 0 Å². The maximum Gasteiger partial charge on any atom is 0.335 e. The van der Waals surface area contributed by atoms with Gasteiger partial charge in [0.05, 0.1) is 5.56 Å². The molecule has 0 bridgehead atoms. The van der Waals surface area contributed by atoms with Crippen LogP contribution in [0, 0.1) is 0 Å². The number of carbonyl (C=O) groups is 1. The number of para-hydroxylation sites is 1. The molecule has 0 aliphatic heterocycles. The smallest absolute Gasteiger partial charge is 0.335 e. The molecule has 0 radical (unpaired) electrons. The molecule has 1 rings (SSSR count). The third kappa shape index (κ3) is 14.2. The molecule has 1 aromatic rings. The van der Waals surface area contributed by atoms with Gasteiger partial charge in [-0.15, -0.1) is 0 Å². The Kier molecular flexibility index (Phi) is 14.5. The molecular weight excluding hydrogens is 270 g/mol. The fraction of sp³-hybridized carbons (Fsp3) is 0. The lowest BCUT2D eigenvalue weighted by Gasteiger charge is -2.07. The van der Waals surface area contributed by atoms with Crippen LogP contribution in [0.5, 0.6) is 5.75 Å². The summed E-state index contributed by atoms with van der Waals surface area (Å²) in [5.41, 5.74) is -0.178. The minimum atomic E-state index is -5.17. The van der Waals surface area contributed by atoms with Crippen LogP contribution in [0.2, 0.25) is 0 Å². The first-order valence-electron chi connectivity index (χ1n) is 3.38. The van der Waals surface area contributed by atoms with Crippen molar-refractivity contribution >= 4 is 16.4 Å². The summed E-state index contributed by atoms with van der Waals surface area (Å²) in [7, 11) is -5.17. The van der Waals surface area contributed by atoms with Crippen molar-refractivity contribution in [2.24, 2.45) is 0 Å². The van der Waals surface area contributed by atoms with Gasteiger partial charge in [0.25, 0.3) is 0 Å². The van der Waals surface area contributed by atoms with Crippen LogP contribution in [0.1, 0.15) is 10.4 Å². The largest absolute Gasteiger partial charge is 0.872 e. The van der Waals surface area contributed by atoms with Gasteiger partial charge >= 0.3 is 5.97 Å². The summed E-state index contributed by atoms with van der Waals surface area (Å²) in [5.74, 6) is -1.62. The SMILES string of the molecule is O=C(O)c1ccccc1[O-].O=S(=O)([O-])[O-].[NH4+].[NH4+].[NH4+]. The highest BCUT2D eigenvalue weighted by Crippen LogP contribution is 2.10. The van der Waals surface area contributed by atoms with Crippen LogP contribution in [0.25, 0.3) is 0 Å². The Morgan fingerprint density at radius 2 is 1.39 bits per heavy atom. The quantitative estimate of drug-likeness (QED) is 0.412. The zero-order valence-electron chi connectivity index (χ0n) is 10.1. The molecule has 10 nitrogen and oxygen atoms in total. The second-order valence-corrected chi connectivity index (χ2v) is 3.03. The number of rotatable bonds is 1. The van der Waals surface area contributed by atoms with Gasteiger partial charge in [0.1, 0.15) is 0 Å². The highest BCUT2D eigenvalue weighted by Gasteiger charge is 1.99. The third-order valence-corrected chi connectivity index (χ3v) is 1.12. The van der Waals surface area contributed by atoms with Gasteiger partial charge in [-0.1, -0.05) is 23.9 Å². The Morgan fingerprint density at radius 3 is 1.61 bits per heavy atom. The predicted octanol–water partition coefficient (Wildman–Crippen LogP) is 0.249. The average Bonchev–Trinajstić information content (AvgIpc) is 2.01. The van der Waals surface area contributed by atoms with Gasteiger partial charge in [-0.25, -0.2) is 4.79 Å². The van der Waals surface area contributed by atoms with E-state index >= 15 is 0 Å². The minimum Gasteiger partial charge on any atom is -0.872 e. The zero-order chi connectivity index (χ0) is 12.1. The summed E-state index contributed by atoms with van der Waals surface area (Å²) in [4.78, 5) is 10.2. The Bertz CT molecular complexity index is 440. The number of carboxylic acids is 1. The molecule has 18 heavy (non-hydrogen) atoms. The Balaban J connectivity index is -0.000000109. The van der Waals surface area contributed by atoms with Crippen molar-refractivity contribution in [2.45, 2.75) is 0 Å². The molecule has 0 aliphatic carbocycles. The van der Waals surface area contributed by atoms with Gasteiger partial charge in [-0.05, 0) is 6.07 Å². The summed E-state index contributed by atoms with van der Waals surface area (Å²) >= 11 is 0. The highest BCUT2D eigenvalue weighted by molar-refractivity contribution is 7.79. The molecule has 11 heteroatoms. The van der Waals surface area contributed by atoms with E-state index in [1.165, 1.54) is 24.3 Å². The molecule has 0 amide bonds. The van der Waals surface area contributed by atoms with Gasteiger partial charge < -0.3 is 37.8 Å². The van der Waals surface area contributed by atoms with Crippen LogP contribution in [0.4, 0.5) is 0 Å². The van der Waals surface area contributed by atoms with Gasteiger partial charge in [-0.3, -0.25) is 8.42 Å². The molecule has 1 aromatic carbocycles. The van der Waals surface area contributed by atoms with Crippen LogP contribution in [-0.2, 0) is 10.4 Å². The first-order valence-corrected chi connectivity index (χ1v) is 4.71. The Morgan fingerprint density at radius 1 is 1.06 bits per heavy atom. The van der Waals surface area contributed by atoms with E-state index in [1.54, 1.807) is 0 Å². The van der Waals surface area contributed by atoms with Crippen molar-refractivity contribution in [1.29, 1.82) is 0 Å². The van der Waals surface area contributed by atoms with Crippen LogP contribution < -0.4 is 23.6 Å². The Hall–Kier alpha value is -1.76. The maximum atomic E-state index is 10.7. The summed E-state index contributed by atoms with van der Waals surface area (Å²) in [5, 5.41) is 19.0. The summed E-state index contributed by atoms with van der Waals surface area (Å²) in [6, 6.07) is 5.54. The number of carboxylic acid groups (broad SMARTS) is 1. The standard InChI is InChI=1S/C7H6O3.3H3N.H2O4S/c8-6-4-2-1-3-5(6)7(9)10;;;;1-5(2,3)4/h1-4,8H,(H,9,10);3*1H3;(H2,1,2,3,4). The summed E-state index contributed by atoms with van der Waals surface area (Å²) in [6.45, 7) is 0. The number of aromatic carboxylic acids is 1. The normalized spacial score (nSPS) is 8.33. The first kappa shape index (κ1) is 25.2. The average molecular weight is 287 g/mol. The topological polar surface area (TPSA) is 250 Å². The van der Waals surface area contributed by atoms with Crippen LogP contribution in [0.15, 0.2) is 24.3 Å². The van der Waals surface area contributed by atoms with Crippen LogP contribution in [-0.4, -0.2) is 28.6 Å². The third-order valence-electron chi connectivity index (χ3n) is 1.12. The predicted molar refractivity (Wildman–Crippen MR) is 61.3 cm³/mol. The second kappa shape index (κ2) is 10.4. The molecular formula is C7H17N3O7S. The van der Waals surface area contributed by atoms with Crippen molar-refractivity contribution in [2.75, 3.05) is 0 Å². The molecule has 0 spiro atoms. The lowest BCUT2D eigenvalue weighted by atomic mass is 10.2. The number of benzene rings is 1. The molecule has 0 atom stereocenters. The van der Waals surface area contributed by atoms with Gasteiger partial charge in [-0.2, -0.15) is 0 Å². The fourth-order valence-corrected chi connectivity index (χ4v) is 0.643. The van der Waals surface area contributed by atoms with Crippen molar-refractivity contribution < 1.29 is 32.5 Å². The number of hydrogen-bond donors (Lipinski definition) is 4. The number of quaternary nitrogens is 3. The van der Waals surface area contributed by atoms with E-state index in [0.29, 0.717) is 0 Å². The van der Waals surface area contributed by atoms with Crippen molar-refractivity contribution in [3.05, 3.63) is 29.8 Å². The molecule has 0 fully saturated rings. The van der Waals surface area contributed by atoms with E-state index in [9.17, 15) is 9.90 Å². The van der Waals surface area contributed by atoms with Gasteiger partial charge in [0.2, 0.25) is 0 Å². The van der Waals surface area contributed by atoms with Gasteiger partial charge in [0, 0.05) is 10.4 Å². The minimum absolute atomic E-state index is 0. The van der Waals surface area contributed by atoms with Crippen molar-refractivity contribution in [3.8, 4) is 5.75 Å².